The Kier molecular flexibility index (Phi) is 12.0. The van der Waals surface area contributed by atoms with Gasteiger partial charge in [0.2, 0.25) is 0 Å². The van der Waals surface area contributed by atoms with Gasteiger partial charge in [0.1, 0.15) is 15.8 Å². The van der Waals surface area contributed by atoms with E-state index in [2.05, 4.69) is 0 Å². The first-order valence-corrected chi connectivity index (χ1v) is 11.3. The number of hydrogen-bond donors (Lipinski definition) is 3. The number of hydrogen-bond acceptors (Lipinski definition) is 7. The molecule has 0 aliphatic heterocycles. The van der Waals surface area contributed by atoms with E-state index in [9.17, 15) is 25.3 Å². The fourth-order valence-corrected chi connectivity index (χ4v) is 3.55. The molecule has 3 aromatic carbocycles. The second-order valence-electron chi connectivity index (χ2n) is 5.82. The zero-order valence-corrected chi connectivity index (χ0v) is 22.3. The van der Waals surface area contributed by atoms with Gasteiger partial charge in [0.15, 0.2) is 11.5 Å². The van der Waals surface area contributed by atoms with Gasteiger partial charge in [0, 0.05) is 12.1 Å². The molecule has 0 fully saturated rings. The summed E-state index contributed by atoms with van der Waals surface area (Å²) < 4.78 is 0. The van der Waals surface area contributed by atoms with E-state index in [0.29, 0.717) is 16.1 Å². The lowest BCUT2D eigenvalue weighted by molar-refractivity contribution is -0.394. The number of halogens is 8. The van der Waals surface area contributed by atoms with E-state index in [-0.39, 0.29) is 41.6 Å². The monoisotopic (exact) mass is 644 g/mol. The van der Waals surface area contributed by atoms with Gasteiger partial charge in [-0.15, -0.1) is 0 Å². The molecule has 0 spiro atoms. The average molecular weight is 648 g/mol. The van der Waals surface area contributed by atoms with Crippen LogP contribution in [-0.4, -0.2) is 25.2 Å². The van der Waals surface area contributed by atoms with Crippen LogP contribution in [0.3, 0.4) is 0 Å². The smallest absolute Gasteiger partial charge is 0.317 e. The minimum Gasteiger partial charge on any atom is -0.506 e. The van der Waals surface area contributed by atoms with E-state index in [1.807, 2.05) is 0 Å². The standard InChI is InChI=1S/C6HCl5O.C6H3Cl3O.C6H4N2O5/c7-1-2(8)4(10)6(12)5(11)3(1)9;7-3-1-5(9)6(10)2-4(3)8;9-6-2-1-4(7(10)11)3-5(6)8(12)13/h12H;1-2,10H;1-3,9H. The van der Waals surface area contributed by atoms with Crippen molar-refractivity contribution in [3.8, 4) is 17.2 Å². The van der Waals surface area contributed by atoms with E-state index in [1.165, 1.54) is 12.1 Å². The summed E-state index contributed by atoms with van der Waals surface area (Å²) in [5.41, 5.74) is -1.10. The number of phenolic OH excluding ortho intramolecular Hbond substituents is 3. The zero-order chi connectivity index (χ0) is 27.2. The van der Waals surface area contributed by atoms with Crippen LogP contribution in [0.4, 0.5) is 11.4 Å². The lowest BCUT2D eigenvalue weighted by Crippen LogP contribution is -1.92. The van der Waals surface area contributed by atoms with Gasteiger partial charge in [0.25, 0.3) is 5.69 Å². The van der Waals surface area contributed by atoms with E-state index < -0.39 is 27.0 Å². The Hall–Kier alpha value is -1.82. The molecule has 35 heavy (non-hydrogen) atoms. The van der Waals surface area contributed by atoms with Gasteiger partial charge in [-0.2, -0.15) is 0 Å². The van der Waals surface area contributed by atoms with Crippen molar-refractivity contribution in [2.75, 3.05) is 0 Å². The van der Waals surface area contributed by atoms with Crippen LogP contribution in [0.1, 0.15) is 0 Å². The van der Waals surface area contributed by atoms with Crippen LogP contribution in [0.2, 0.25) is 40.2 Å². The van der Waals surface area contributed by atoms with Crippen molar-refractivity contribution >= 4 is 104 Å². The highest BCUT2D eigenvalue weighted by Crippen LogP contribution is 2.47. The van der Waals surface area contributed by atoms with Gasteiger partial charge in [-0.25, -0.2) is 0 Å². The predicted octanol–water partition coefficient (Wildman–Crippen LogP) is 9.22. The molecule has 188 valence electrons. The summed E-state index contributed by atoms with van der Waals surface area (Å²) in [5.74, 6) is -1.01. The summed E-state index contributed by atoms with van der Waals surface area (Å²) in [6.45, 7) is 0. The quantitative estimate of drug-likeness (QED) is 0.109. The molecule has 0 unspecified atom stereocenters. The topological polar surface area (TPSA) is 147 Å². The third-order valence-electron chi connectivity index (χ3n) is 3.54. The first-order chi connectivity index (χ1) is 16.1. The number of nitro groups is 2. The number of rotatable bonds is 2. The normalized spacial score (nSPS) is 9.94. The molecule has 0 saturated heterocycles. The second-order valence-corrected chi connectivity index (χ2v) is 8.93. The summed E-state index contributed by atoms with van der Waals surface area (Å²) in [7, 11) is 0. The Morgan fingerprint density at radius 1 is 0.571 bits per heavy atom. The Labute approximate surface area is 236 Å². The Morgan fingerprint density at radius 3 is 1.46 bits per heavy atom. The van der Waals surface area contributed by atoms with Crippen LogP contribution in [0.5, 0.6) is 17.2 Å². The molecule has 3 rings (SSSR count). The Bertz CT molecular complexity index is 1140. The zero-order valence-electron chi connectivity index (χ0n) is 16.3. The van der Waals surface area contributed by atoms with E-state index in [1.54, 1.807) is 0 Å². The van der Waals surface area contributed by atoms with Crippen LogP contribution in [0.15, 0.2) is 30.3 Å². The Morgan fingerprint density at radius 2 is 1.03 bits per heavy atom. The first-order valence-electron chi connectivity index (χ1n) is 8.25. The lowest BCUT2D eigenvalue weighted by atomic mass is 10.2. The molecule has 0 aliphatic rings. The maximum Gasteiger partial charge on any atom is 0.317 e. The average Bonchev–Trinajstić information content (AvgIpc) is 2.80. The largest absolute Gasteiger partial charge is 0.506 e. The van der Waals surface area contributed by atoms with Crippen LogP contribution in [-0.2, 0) is 0 Å². The molecule has 0 aliphatic carbocycles. The van der Waals surface area contributed by atoms with Gasteiger partial charge in [-0.3, -0.25) is 20.2 Å². The fraction of sp³-hybridized carbons (Fsp3) is 0. The van der Waals surface area contributed by atoms with Crippen molar-refractivity contribution in [1.29, 1.82) is 0 Å². The minimum absolute atomic E-state index is 0.00904. The summed E-state index contributed by atoms with van der Waals surface area (Å²) in [6, 6.07) is 5.29. The maximum atomic E-state index is 10.2. The molecule has 0 saturated carbocycles. The molecule has 3 N–H and O–H groups in total. The van der Waals surface area contributed by atoms with Crippen molar-refractivity contribution in [2.24, 2.45) is 0 Å². The first kappa shape index (κ1) is 31.2. The van der Waals surface area contributed by atoms with Gasteiger partial charge >= 0.3 is 5.69 Å². The van der Waals surface area contributed by atoms with Crippen LogP contribution < -0.4 is 0 Å². The van der Waals surface area contributed by atoms with Crippen molar-refractivity contribution in [3.63, 3.8) is 0 Å². The highest BCUT2D eigenvalue weighted by Gasteiger charge is 2.19. The Balaban J connectivity index is 0.000000265. The van der Waals surface area contributed by atoms with Gasteiger partial charge in [-0.1, -0.05) is 92.8 Å². The molecule has 0 heterocycles. The summed E-state index contributed by atoms with van der Waals surface area (Å²) >= 11 is 44.5. The lowest BCUT2D eigenvalue weighted by Gasteiger charge is -2.06. The number of aromatic hydroxyl groups is 3. The molecular weight excluding hydrogens is 640 g/mol. The van der Waals surface area contributed by atoms with Crippen molar-refractivity contribution in [3.05, 3.63) is 90.7 Å². The van der Waals surface area contributed by atoms with Crippen LogP contribution >= 0.6 is 92.8 Å². The van der Waals surface area contributed by atoms with Crippen LogP contribution in [0, 0.1) is 20.2 Å². The fourth-order valence-electron chi connectivity index (χ4n) is 1.88. The summed E-state index contributed by atoms with van der Waals surface area (Å²) in [6.07, 6.45) is 0. The highest BCUT2D eigenvalue weighted by atomic mass is 35.5. The molecule has 0 atom stereocenters. The molecule has 9 nitrogen and oxygen atoms in total. The van der Waals surface area contributed by atoms with E-state index in [4.69, 9.17) is 103 Å². The van der Waals surface area contributed by atoms with E-state index >= 15 is 0 Å². The molecule has 0 radical (unpaired) electrons. The molecule has 0 bridgehead atoms. The molecule has 17 heteroatoms. The maximum absolute atomic E-state index is 10.2. The third kappa shape index (κ3) is 8.37. The predicted molar refractivity (Wildman–Crippen MR) is 138 cm³/mol. The SMILES string of the molecule is O=[N+]([O-])c1ccc(O)c([N+](=O)[O-])c1.Oc1c(Cl)c(Cl)c(Cl)c(Cl)c1Cl.Oc1cc(Cl)c(Cl)cc1Cl. The van der Waals surface area contributed by atoms with Crippen molar-refractivity contribution < 1.29 is 25.2 Å². The number of non-ortho nitro benzene ring substituents is 1. The summed E-state index contributed by atoms with van der Waals surface area (Å²) in [5, 5.41) is 48.1. The molecule has 0 aromatic heterocycles. The second kappa shape index (κ2) is 13.5. The van der Waals surface area contributed by atoms with Crippen molar-refractivity contribution in [1.82, 2.24) is 0 Å². The third-order valence-corrected chi connectivity index (χ3v) is 6.82. The van der Waals surface area contributed by atoms with E-state index in [0.717, 1.165) is 12.1 Å². The molecular formula is C18H8Cl8N2O7. The van der Waals surface area contributed by atoms with Gasteiger partial charge in [-0.05, 0) is 12.1 Å². The number of nitrogens with zero attached hydrogens (tertiary/aromatic N) is 2. The molecule has 0 amide bonds. The van der Waals surface area contributed by atoms with Crippen LogP contribution in [0.25, 0.3) is 0 Å². The van der Waals surface area contributed by atoms with Gasteiger partial charge in [0.05, 0.1) is 46.0 Å². The number of benzene rings is 3. The van der Waals surface area contributed by atoms with Crippen molar-refractivity contribution in [2.45, 2.75) is 0 Å². The molecule has 3 aromatic rings. The summed E-state index contributed by atoms with van der Waals surface area (Å²) in [4.78, 5) is 18.7. The number of phenols is 3. The minimum atomic E-state index is -0.887. The van der Waals surface area contributed by atoms with Gasteiger partial charge < -0.3 is 15.3 Å². The highest BCUT2D eigenvalue weighted by molar-refractivity contribution is 6.55. The number of nitro benzene ring substituents is 2.